The molecule has 134 valence electrons. The third-order valence-corrected chi connectivity index (χ3v) is 4.18. The molecule has 5 nitrogen and oxygen atoms in total. The number of amides is 1. The van der Waals surface area contributed by atoms with Gasteiger partial charge in [-0.2, -0.15) is 0 Å². The van der Waals surface area contributed by atoms with Gasteiger partial charge in [0.2, 0.25) is 0 Å². The fourth-order valence-corrected chi connectivity index (χ4v) is 2.92. The molecule has 0 saturated carbocycles. The van der Waals surface area contributed by atoms with Gasteiger partial charge in [0.25, 0.3) is 0 Å². The Labute approximate surface area is 145 Å². The van der Waals surface area contributed by atoms with Crippen molar-refractivity contribution in [2.75, 3.05) is 36.4 Å². The molecule has 0 aromatic heterocycles. The topological polar surface area (TPSA) is 53.6 Å². The van der Waals surface area contributed by atoms with E-state index in [1.165, 1.54) is 18.5 Å². The Morgan fingerprint density at radius 1 is 1.21 bits per heavy atom. The van der Waals surface area contributed by atoms with E-state index in [9.17, 15) is 4.79 Å². The molecule has 1 heterocycles. The second-order valence-electron chi connectivity index (χ2n) is 7.41. The summed E-state index contributed by atoms with van der Waals surface area (Å²) in [6, 6.07) is 8.00. The third kappa shape index (κ3) is 6.04. The first-order valence-electron chi connectivity index (χ1n) is 8.93. The molecule has 1 fully saturated rings. The monoisotopic (exact) mass is 333 g/mol. The van der Waals surface area contributed by atoms with Crippen LogP contribution in [-0.2, 0) is 4.74 Å². The Morgan fingerprint density at radius 3 is 2.38 bits per heavy atom. The van der Waals surface area contributed by atoms with Gasteiger partial charge < -0.3 is 15.0 Å². The zero-order chi connectivity index (χ0) is 17.6. The lowest BCUT2D eigenvalue weighted by molar-refractivity contribution is 0.0636. The number of ether oxygens (including phenoxy) is 1. The van der Waals surface area contributed by atoms with Crippen LogP contribution in [0.25, 0.3) is 0 Å². The van der Waals surface area contributed by atoms with E-state index in [0.29, 0.717) is 0 Å². The number of carbonyl (C=O) groups excluding carboxylic acids is 1. The van der Waals surface area contributed by atoms with Crippen molar-refractivity contribution in [3.05, 3.63) is 24.3 Å². The van der Waals surface area contributed by atoms with Gasteiger partial charge in [-0.25, -0.2) is 4.79 Å². The summed E-state index contributed by atoms with van der Waals surface area (Å²) in [6.07, 6.45) is 2.04. The molecule has 2 N–H and O–H groups in total. The molecule has 24 heavy (non-hydrogen) atoms. The van der Waals surface area contributed by atoms with Crippen LogP contribution in [0.4, 0.5) is 16.2 Å². The largest absolute Gasteiger partial charge is 0.444 e. The van der Waals surface area contributed by atoms with Crippen molar-refractivity contribution >= 4 is 17.5 Å². The molecule has 1 aliphatic heterocycles. The molecule has 0 radical (unpaired) electrons. The summed E-state index contributed by atoms with van der Waals surface area (Å²) in [6.45, 7) is 12.1. The van der Waals surface area contributed by atoms with Crippen molar-refractivity contribution in [2.24, 2.45) is 5.92 Å². The van der Waals surface area contributed by atoms with Crippen molar-refractivity contribution in [1.82, 2.24) is 5.32 Å². The molecule has 1 aromatic rings. The van der Waals surface area contributed by atoms with Gasteiger partial charge in [0, 0.05) is 24.5 Å². The highest BCUT2D eigenvalue weighted by molar-refractivity contribution is 5.85. The van der Waals surface area contributed by atoms with Crippen LogP contribution < -0.4 is 15.5 Å². The molecule has 1 aromatic carbocycles. The van der Waals surface area contributed by atoms with Gasteiger partial charge in [0.05, 0.1) is 0 Å². The van der Waals surface area contributed by atoms with Gasteiger partial charge in [-0.1, -0.05) is 6.92 Å². The maximum atomic E-state index is 11.8. The minimum Gasteiger partial charge on any atom is -0.444 e. The van der Waals surface area contributed by atoms with E-state index in [2.05, 4.69) is 34.6 Å². The summed E-state index contributed by atoms with van der Waals surface area (Å²) in [7, 11) is 0. The lowest BCUT2D eigenvalue weighted by atomic mass is 9.96. The number of nitrogens with one attached hydrogen (secondary N) is 2. The Bertz CT molecular complexity index is 514. The predicted molar refractivity (Wildman–Crippen MR) is 99.8 cm³/mol. The minimum atomic E-state index is -0.485. The first-order valence-corrected chi connectivity index (χ1v) is 8.93. The molecule has 2 rings (SSSR count). The molecule has 0 bridgehead atoms. The quantitative estimate of drug-likeness (QED) is 0.859. The summed E-state index contributed by atoms with van der Waals surface area (Å²) in [5.41, 5.74) is 1.49. The SMILES string of the molecule is CCNCC1CCN(c2ccc(NC(=O)OC(C)(C)C)cc2)CC1. The van der Waals surface area contributed by atoms with Gasteiger partial charge in [0.15, 0.2) is 0 Å². The number of benzene rings is 1. The fraction of sp³-hybridized carbons (Fsp3) is 0.632. The summed E-state index contributed by atoms with van der Waals surface area (Å²) in [4.78, 5) is 14.2. The number of anilines is 2. The Hall–Kier alpha value is -1.75. The summed E-state index contributed by atoms with van der Waals surface area (Å²) in [5, 5.41) is 6.21. The van der Waals surface area contributed by atoms with Crippen LogP contribution in [0.2, 0.25) is 0 Å². The Balaban J connectivity index is 1.83. The van der Waals surface area contributed by atoms with E-state index in [4.69, 9.17) is 4.74 Å². The molecular weight excluding hydrogens is 302 g/mol. The highest BCUT2D eigenvalue weighted by Crippen LogP contribution is 2.24. The minimum absolute atomic E-state index is 0.417. The van der Waals surface area contributed by atoms with Crippen molar-refractivity contribution in [3.8, 4) is 0 Å². The molecule has 0 spiro atoms. The van der Waals surface area contributed by atoms with E-state index in [-0.39, 0.29) is 0 Å². The fourth-order valence-electron chi connectivity index (χ4n) is 2.92. The summed E-state index contributed by atoms with van der Waals surface area (Å²) in [5.74, 6) is 0.786. The zero-order valence-corrected chi connectivity index (χ0v) is 15.4. The zero-order valence-electron chi connectivity index (χ0n) is 15.4. The van der Waals surface area contributed by atoms with E-state index in [1.807, 2.05) is 32.9 Å². The highest BCUT2D eigenvalue weighted by Gasteiger charge is 2.19. The number of carbonyl (C=O) groups is 1. The first kappa shape index (κ1) is 18.6. The van der Waals surface area contributed by atoms with Gasteiger partial charge in [-0.3, -0.25) is 5.32 Å². The van der Waals surface area contributed by atoms with Gasteiger partial charge in [0.1, 0.15) is 5.60 Å². The predicted octanol–water partition coefficient (Wildman–Crippen LogP) is 3.86. The molecule has 1 aliphatic rings. The average molecular weight is 333 g/mol. The summed E-state index contributed by atoms with van der Waals surface area (Å²) >= 11 is 0. The first-order chi connectivity index (χ1) is 11.4. The van der Waals surface area contributed by atoms with Crippen LogP contribution in [0, 0.1) is 5.92 Å². The van der Waals surface area contributed by atoms with Crippen LogP contribution in [0.1, 0.15) is 40.5 Å². The lowest BCUT2D eigenvalue weighted by Gasteiger charge is -2.33. The maximum absolute atomic E-state index is 11.8. The number of hydrogen-bond acceptors (Lipinski definition) is 4. The normalized spacial score (nSPS) is 16.1. The summed E-state index contributed by atoms with van der Waals surface area (Å²) < 4.78 is 5.27. The highest BCUT2D eigenvalue weighted by atomic mass is 16.6. The van der Waals surface area contributed by atoms with E-state index < -0.39 is 11.7 Å². The Morgan fingerprint density at radius 2 is 1.83 bits per heavy atom. The number of piperidine rings is 1. The van der Waals surface area contributed by atoms with Gasteiger partial charge in [-0.05, 0) is 76.9 Å². The van der Waals surface area contributed by atoms with Crippen LogP contribution in [0.15, 0.2) is 24.3 Å². The lowest BCUT2D eigenvalue weighted by Crippen LogP contribution is -2.37. The third-order valence-electron chi connectivity index (χ3n) is 4.18. The van der Waals surface area contributed by atoms with Gasteiger partial charge in [-0.15, -0.1) is 0 Å². The van der Waals surface area contributed by atoms with Crippen LogP contribution >= 0.6 is 0 Å². The van der Waals surface area contributed by atoms with E-state index in [1.54, 1.807) is 0 Å². The van der Waals surface area contributed by atoms with Crippen molar-refractivity contribution < 1.29 is 9.53 Å². The van der Waals surface area contributed by atoms with Crippen LogP contribution in [-0.4, -0.2) is 37.9 Å². The van der Waals surface area contributed by atoms with Crippen molar-refractivity contribution in [3.63, 3.8) is 0 Å². The second kappa shape index (κ2) is 8.38. The molecule has 0 unspecified atom stereocenters. The van der Waals surface area contributed by atoms with E-state index >= 15 is 0 Å². The standard InChI is InChI=1S/C19H31N3O2/c1-5-20-14-15-10-12-22(13-11-15)17-8-6-16(7-9-17)21-18(23)24-19(2,3)4/h6-9,15,20H,5,10-14H2,1-4H3,(H,21,23). The molecule has 1 saturated heterocycles. The van der Waals surface area contributed by atoms with Crippen LogP contribution in [0.5, 0.6) is 0 Å². The molecular formula is C19H31N3O2. The van der Waals surface area contributed by atoms with Gasteiger partial charge >= 0.3 is 6.09 Å². The number of rotatable bonds is 5. The molecule has 5 heteroatoms. The second-order valence-corrected chi connectivity index (χ2v) is 7.41. The molecule has 0 atom stereocenters. The number of nitrogens with zero attached hydrogens (tertiary/aromatic N) is 1. The number of hydrogen-bond donors (Lipinski definition) is 2. The van der Waals surface area contributed by atoms with E-state index in [0.717, 1.165) is 37.8 Å². The van der Waals surface area contributed by atoms with Crippen molar-refractivity contribution in [2.45, 2.75) is 46.1 Å². The maximum Gasteiger partial charge on any atom is 0.412 e. The van der Waals surface area contributed by atoms with Crippen molar-refractivity contribution in [1.29, 1.82) is 0 Å². The van der Waals surface area contributed by atoms with Crippen LogP contribution in [0.3, 0.4) is 0 Å². The smallest absolute Gasteiger partial charge is 0.412 e. The molecule has 1 amide bonds. The average Bonchev–Trinajstić information content (AvgIpc) is 2.52. The molecule has 0 aliphatic carbocycles. The Kier molecular flexibility index (Phi) is 6.49.